The lowest BCUT2D eigenvalue weighted by Crippen LogP contribution is -2.26. The minimum Gasteiger partial charge on any atom is -0.270 e. The Morgan fingerprint density at radius 3 is 2.13 bits per heavy atom. The molecule has 3 heteroatoms. The van der Waals surface area contributed by atoms with Crippen LogP contribution in [-0.2, 0) is 5.41 Å². The Hall–Kier alpha value is -1.37. The van der Waals surface area contributed by atoms with Crippen LogP contribution < -0.4 is 11.3 Å². The van der Waals surface area contributed by atoms with E-state index in [4.69, 9.17) is 11.1 Å². The van der Waals surface area contributed by atoms with E-state index in [2.05, 4.69) is 32.3 Å². The predicted molar refractivity (Wildman–Crippen MR) is 60.8 cm³/mol. The number of nitrogens with two attached hydrogens (primary N) is 1. The summed E-state index contributed by atoms with van der Waals surface area (Å²) in [6, 6.07) is 9.61. The van der Waals surface area contributed by atoms with Crippen LogP contribution in [0.3, 0.4) is 0 Å². The molecule has 1 rings (SSSR count). The highest BCUT2D eigenvalue weighted by atomic mass is 15.2. The van der Waals surface area contributed by atoms with Crippen molar-refractivity contribution in [3.63, 3.8) is 0 Å². The number of benzene rings is 1. The molecule has 3 N–H and O–H groups in total. The van der Waals surface area contributed by atoms with Crippen molar-refractivity contribution in [2.45, 2.75) is 32.2 Å². The molecule has 80 valence electrons. The molecule has 0 aliphatic rings. The van der Waals surface area contributed by atoms with E-state index in [1.54, 1.807) is 0 Å². The first kappa shape index (κ1) is 11.7. The largest absolute Gasteiger partial charge is 0.270 e. The van der Waals surface area contributed by atoms with Gasteiger partial charge in [0.15, 0.2) is 0 Å². The third-order valence-electron chi connectivity index (χ3n) is 2.41. The zero-order chi connectivity index (χ0) is 11.5. The second-order valence-electron chi connectivity index (χ2n) is 4.60. The summed E-state index contributed by atoms with van der Waals surface area (Å²) in [4.78, 5) is 0. The summed E-state index contributed by atoms with van der Waals surface area (Å²) in [6.07, 6.45) is 0. The third-order valence-corrected chi connectivity index (χ3v) is 2.41. The Balaban J connectivity index is 2.96. The van der Waals surface area contributed by atoms with Gasteiger partial charge in [-0.2, -0.15) is 5.26 Å². The normalized spacial score (nSPS) is 13.3. The zero-order valence-electron chi connectivity index (χ0n) is 9.41. The van der Waals surface area contributed by atoms with Crippen molar-refractivity contribution in [1.29, 1.82) is 5.26 Å². The molecule has 0 fully saturated rings. The topological polar surface area (TPSA) is 61.8 Å². The molecule has 1 aromatic rings. The first-order valence-electron chi connectivity index (χ1n) is 4.95. The summed E-state index contributed by atoms with van der Waals surface area (Å²) in [5.74, 6) is 5.27. The molecule has 0 aliphatic heterocycles. The molecule has 0 saturated heterocycles. The molecule has 0 radical (unpaired) electrons. The Labute approximate surface area is 90.9 Å². The van der Waals surface area contributed by atoms with Crippen molar-refractivity contribution in [1.82, 2.24) is 5.43 Å². The minimum absolute atomic E-state index is 0.136. The van der Waals surface area contributed by atoms with Crippen LogP contribution in [0.15, 0.2) is 24.3 Å². The average molecular weight is 203 g/mol. The molecule has 1 aromatic carbocycles. The van der Waals surface area contributed by atoms with Crippen molar-refractivity contribution in [3.8, 4) is 6.07 Å². The predicted octanol–water partition coefficient (Wildman–Crippen LogP) is 2.01. The Morgan fingerprint density at radius 1 is 1.27 bits per heavy atom. The van der Waals surface area contributed by atoms with E-state index in [1.807, 2.05) is 24.3 Å². The summed E-state index contributed by atoms with van der Waals surface area (Å²) in [5.41, 5.74) is 4.75. The molecule has 0 heterocycles. The molecule has 0 spiro atoms. The van der Waals surface area contributed by atoms with Crippen LogP contribution in [0, 0.1) is 11.3 Å². The van der Waals surface area contributed by atoms with Gasteiger partial charge < -0.3 is 0 Å². The highest BCUT2D eigenvalue weighted by molar-refractivity contribution is 5.31. The SMILES string of the molecule is CC(C)(C)c1ccc(C(C#N)NN)cc1. The molecule has 1 unspecified atom stereocenters. The van der Waals surface area contributed by atoms with Crippen LogP contribution in [0.2, 0.25) is 0 Å². The summed E-state index contributed by atoms with van der Waals surface area (Å²) in [5, 5.41) is 8.82. The van der Waals surface area contributed by atoms with Crippen LogP contribution >= 0.6 is 0 Å². The van der Waals surface area contributed by atoms with E-state index >= 15 is 0 Å². The van der Waals surface area contributed by atoms with Gasteiger partial charge in [-0.1, -0.05) is 45.0 Å². The average Bonchev–Trinajstić information content (AvgIpc) is 2.19. The third kappa shape index (κ3) is 2.79. The van der Waals surface area contributed by atoms with Crippen LogP contribution in [0.4, 0.5) is 0 Å². The van der Waals surface area contributed by atoms with Gasteiger partial charge in [0.25, 0.3) is 0 Å². The fraction of sp³-hybridized carbons (Fsp3) is 0.417. The van der Waals surface area contributed by atoms with E-state index in [9.17, 15) is 0 Å². The maximum atomic E-state index is 8.82. The van der Waals surface area contributed by atoms with Gasteiger partial charge in [-0.3, -0.25) is 5.84 Å². The highest BCUT2D eigenvalue weighted by Crippen LogP contribution is 2.23. The summed E-state index contributed by atoms with van der Waals surface area (Å²) in [7, 11) is 0. The summed E-state index contributed by atoms with van der Waals surface area (Å²) in [6.45, 7) is 6.47. The van der Waals surface area contributed by atoms with Crippen molar-refractivity contribution in [2.75, 3.05) is 0 Å². The molecular weight excluding hydrogens is 186 g/mol. The molecule has 0 saturated carbocycles. The molecule has 15 heavy (non-hydrogen) atoms. The van der Waals surface area contributed by atoms with Gasteiger partial charge in [0, 0.05) is 0 Å². The standard InChI is InChI=1S/C12H17N3/c1-12(2,3)10-6-4-9(5-7-10)11(8-13)15-14/h4-7,11,15H,14H2,1-3H3. The Kier molecular flexibility index (Phi) is 3.46. The first-order valence-corrected chi connectivity index (χ1v) is 4.95. The molecule has 0 bridgehead atoms. The molecule has 0 aliphatic carbocycles. The van der Waals surface area contributed by atoms with Crippen LogP contribution in [0.25, 0.3) is 0 Å². The lowest BCUT2D eigenvalue weighted by molar-refractivity contribution is 0.589. The smallest absolute Gasteiger partial charge is 0.133 e. The van der Waals surface area contributed by atoms with Crippen molar-refractivity contribution in [2.24, 2.45) is 5.84 Å². The number of nitrogens with one attached hydrogen (secondary N) is 1. The van der Waals surface area contributed by atoms with E-state index in [0.717, 1.165) is 5.56 Å². The fourth-order valence-corrected chi connectivity index (χ4v) is 1.38. The van der Waals surface area contributed by atoms with E-state index < -0.39 is 6.04 Å². The van der Waals surface area contributed by atoms with Gasteiger partial charge in [-0.05, 0) is 16.5 Å². The van der Waals surface area contributed by atoms with E-state index in [0.29, 0.717) is 0 Å². The first-order chi connectivity index (χ1) is 6.99. The minimum atomic E-state index is -0.431. The monoisotopic (exact) mass is 203 g/mol. The van der Waals surface area contributed by atoms with Gasteiger partial charge in [-0.25, -0.2) is 5.43 Å². The van der Waals surface area contributed by atoms with Gasteiger partial charge in [0.2, 0.25) is 0 Å². The number of hydrazine groups is 1. The van der Waals surface area contributed by atoms with E-state index in [-0.39, 0.29) is 5.41 Å². The second kappa shape index (κ2) is 4.43. The number of hydrogen-bond donors (Lipinski definition) is 2. The second-order valence-corrected chi connectivity index (χ2v) is 4.60. The zero-order valence-corrected chi connectivity index (χ0v) is 9.41. The number of rotatable bonds is 2. The maximum Gasteiger partial charge on any atom is 0.133 e. The molecule has 0 amide bonds. The Bertz CT molecular complexity index is 354. The molecular formula is C12H17N3. The van der Waals surface area contributed by atoms with Crippen LogP contribution in [-0.4, -0.2) is 0 Å². The fourth-order valence-electron chi connectivity index (χ4n) is 1.38. The van der Waals surface area contributed by atoms with Gasteiger partial charge in [0.05, 0.1) is 6.07 Å². The molecule has 3 nitrogen and oxygen atoms in total. The lowest BCUT2D eigenvalue weighted by atomic mass is 9.86. The van der Waals surface area contributed by atoms with Gasteiger partial charge >= 0.3 is 0 Å². The number of hydrogen-bond acceptors (Lipinski definition) is 3. The van der Waals surface area contributed by atoms with E-state index in [1.165, 1.54) is 5.56 Å². The van der Waals surface area contributed by atoms with Crippen LogP contribution in [0.5, 0.6) is 0 Å². The maximum absolute atomic E-state index is 8.82. The van der Waals surface area contributed by atoms with Gasteiger partial charge in [-0.15, -0.1) is 0 Å². The summed E-state index contributed by atoms with van der Waals surface area (Å²) < 4.78 is 0. The van der Waals surface area contributed by atoms with Crippen molar-refractivity contribution in [3.05, 3.63) is 35.4 Å². The molecule has 0 aromatic heterocycles. The number of nitriles is 1. The lowest BCUT2D eigenvalue weighted by Gasteiger charge is -2.19. The molecule has 1 atom stereocenters. The number of nitrogens with zero attached hydrogens (tertiary/aromatic N) is 1. The van der Waals surface area contributed by atoms with Crippen molar-refractivity contribution < 1.29 is 0 Å². The Morgan fingerprint density at radius 2 is 1.80 bits per heavy atom. The van der Waals surface area contributed by atoms with Gasteiger partial charge in [0.1, 0.15) is 6.04 Å². The van der Waals surface area contributed by atoms with Crippen molar-refractivity contribution >= 4 is 0 Å². The van der Waals surface area contributed by atoms with Crippen LogP contribution in [0.1, 0.15) is 37.9 Å². The summed E-state index contributed by atoms with van der Waals surface area (Å²) >= 11 is 0. The highest BCUT2D eigenvalue weighted by Gasteiger charge is 2.14. The quantitative estimate of drug-likeness (QED) is 0.571.